The van der Waals surface area contributed by atoms with Crippen LogP contribution in [0.3, 0.4) is 0 Å². The number of amides is 1. The molecular weight excluding hydrogens is 444 g/mol. The molecule has 170 valence electrons. The van der Waals surface area contributed by atoms with E-state index in [0.717, 1.165) is 23.2 Å². The quantitative estimate of drug-likeness (QED) is 0.383. The van der Waals surface area contributed by atoms with Crippen molar-refractivity contribution in [2.45, 2.75) is 6.61 Å². The normalized spacial score (nSPS) is 11.0. The zero-order chi connectivity index (χ0) is 23.2. The van der Waals surface area contributed by atoms with Gasteiger partial charge < -0.3 is 24.7 Å². The van der Waals surface area contributed by atoms with E-state index >= 15 is 0 Å². The summed E-state index contributed by atoms with van der Waals surface area (Å²) in [5.41, 5.74) is 2.38. The van der Waals surface area contributed by atoms with Crippen molar-refractivity contribution >= 4 is 40.0 Å². The molecule has 9 nitrogen and oxygen atoms in total. The number of hydrogen-bond acceptors (Lipinski definition) is 8. The molecule has 0 aliphatic carbocycles. The standard InChI is InChI=1S/C23H23ClN6O3/c1-30(2)11-10-26-22(31)19-13-15(7-9-25-19)14-33-23-20-18(8-12-32-20)21(28-29-23)27-17-5-3-16(24)4-6-17/h3-9,12-13H,10-11,14H2,1-2H3,(H,26,31)(H,27,28). The first-order chi connectivity index (χ1) is 16.0. The average molecular weight is 467 g/mol. The zero-order valence-electron chi connectivity index (χ0n) is 18.2. The number of anilines is 2. The van der Waals surface area contributed by atoms with E-state index in [1.807, 2.05) is 31.1 Å². The van der Waals surface area contributed by atoms with Crippen molar-refractivity contribution in [2.75, 3.05) is 32.5 Å². The van der Waals surface area contributed by atoms with Crippen LogP contribution in [0, 0.1) is 0 Å². The third kappa shape index (κ3) is 5.76. The summed E-state index contributed by atoms with van der Waals surface area (Å²) in [7, 11) is 3.89. The molecule has 0 unspecified atom stereocenters. The van der Waals surface area contributed by atoms with Crippen LogP contribution in [0.25, 0.3) is 11.0 Å². The van der Waals surface area contributed by atoms with Crippen molar-refractivity contribution in [1.82, 2.24) is 25.4 Å². The summed E-state index contributed by atoms with van der Waals surface area (Å²) in [5.74, 6) is 0.559. The summed E-state index contributed by atoms with van der Waals surface area (Å²) in [6.07, 6.45) is 3.13. The topological polar surface area (TPSA) is 105 Å². The fraction of sp³-hybridized carbons (Fsp3) is 0.217. The SMILES string of the molecule is CN(C)CCNC(=O)c1cc(COc2nnc(Nc3ccc(Cl)cc3)c3ccoc23)ccn1. The molecule has 3 heterocycles. The lowest BCUT2D eigenvalue weighted by Crippen LogP contribution is -2.31. The highest BCUT2D eigenvalue weighted by molar-refractivity contribution is 6.30. The van der Waals surface area contributed by atoms with Crippen molar-refractivity contribution in [2.24, 2.45) is 0 Å². The van der Waals surface area contributed by atoms with E-state index in [4.69, 9.17) is 20.8 Å². The first-order valence-electron chi connectivity index (χ1n) is 10.3. The summed E-state index contributed by atoms with van der Waals surface area (Å²) in [4.78, 5) is 18.5. The van der Waals surface area contributed by atoms with E-state index in [9.17, 15) is 4.79 Å². The molecule has 0 aliphatic rings. The first-order valence-corrected chi connectivity index (χ1v) is 10.6. The van der Waals surface area contributed by atoms with Gasteiger partial charge in [-0.1, -0.05) is 11.6 Å². The highest BCUT2D eigenvalue weighted by atomic mass is 35.5. The zero-order valence-corrected chi connectivity index (χ0v) is 19.0. The molecule has 0 bridgehead atoms. The number of carbonyl (C=O) groups is 1. The maximum atomic E-state index is 12.3. The molecule has 0 saturated carbocycles. The first kappa shape index (κ1) is 22.5. The number of furan rings is 1. The van der Waals surface area contributed by atoms with Gasteiger partial charge in [0.05, 0.1) is 11.6 Å². The van der Waals surface area contributed by atoms with Gasteiger partial charge >= 0.3 is 0 Å². The number of aromatic nitrogens is 3. The molecule has 0 fully saturated rings. The fourth-order valence-corrected chi connectivity index (χ4v) is 3.16. The van der Waals surface area contributed by atoms with Gasteiger partial charge in [-0.05, 0) is 62.1 Å². The number of carbonyl (C=O) groups excluding carboxylic acids is 1. The van der Waals surface area contributed by atoms with Gasteiger partial charge in [0.1, 0.15) is 12.3 Å². The molecule has 4 rings (SSSR count). The Hall–Kier alpha value is -3.69. The Morgan fingerprint density at radius 1 is 1.15 bits per heavy atom. The van der Waals surface area contributed by atoms with E-state index in [0.29, 0.717) is 28.7 Å². The van der Waals surface area contributed by atoms with Gasteiger partial charge in [0.25, 0.3) is 11.8 Å². The predicted octanol–water partition coefficient (Wildman–Crippen LogP) is 3.89. The highest BCUT2D eigenvalue weighted by Gasteiger charge is 2.15. The van der Waals surface area contributed by atoms with Crippen LogP contribution in [0.4, 0.5) is 11.5 Å². The van der Waals surface area contributed by atoms with Gasteiger partial charge in [-0.15, -0.1) is 10.2 Å². The number of halogens is 1. The lowest BCUT2D eigenvalue weighted by molar-refractivity contribution is 0.0946. The van der Waals surface area contributed by atoms with Crippen LogP contribution in [0.1, 0.15) is 16.1 Å². The summed E-state index contributed by atoms with van der Waals surface area (Å²) in [6, 6.07) is 12.5. The molecule has 0 saturated heterocycles. The lowest BCUT2D eigenvalue weighted by Gasteiger charge is -2.11. The predicted molar refractivity (Wildman–Crippen MR) is 126 cm³/mol. The Morgan fingerprint density at radius 3 is 2.76 bits per heavy atom. The summed E-state index contributed by atoms with van der Waals surface area (Å²) >= 11 is 5.94. The Kier molecular flexibility index (Phi) is 7.01. The second-order valence-electron chi connectivity index (χ2n) is 7.55. The van der Waals surface area contributed by atoms with E-state index in [2.05, 4.69) is 25.8 Å². The number of pyridine rings is 1. The number of likely N-dealkylation sites (N-methyl/N-ethyl adjacent to an activating group) is 1. The van der Waals surface area contributed by atoms with Gasteiger partial charge in [0.2, 0.25) is 5.58 Å². The number of hydrogen-bond donors (Lipinski definition) is 2. The lowest BCUT2D eigenvalue weighted by atomic mass is 10.2. The molecule has 1 aromatic carbocycles. The molecule has 0 atom stereocenters. The minimum Gasteiger partial charge on any atom is -0.469 e. The molecule has 10 heteroatoms. The maximum absolute atomic E-state index is 12.3. The number of ether oxygens (including phenoxy) is 1. The molecule has 33 heavy (non-hydrogen) atoms. The van der Waals surface area contributed by atoms with Crippen LogP contribution in [0.5, 0.6) is 5.88 Å². The van der Waals surface area contributed by atoms with Gasteiger partial charge in [-0.25, -0.2) is 0 Å². The van der Waals surface area contributed by atoms with Crippen molar-refractivity contribution in [3.63, 3.8) is 0 Å². The van der Waals surface area contributed by atoms with E-state index < -0.39 is 0 Å². The molecule has 0 spiro atoms. The van der Waals surface area contributed by atoms with E-state index in [-0.39, 0.29) is 18.4 Å². The summed E-state index contributed by atoms with van der Waals surface area (Å²) < 4.78 is 11.4. The number of fused-ring (bicyclic) bond motifs is 1. The molecule has 4 aromatic rings. The number of rotatable bonds is 9. The minimum absolute atomic E-state index is 0.176. The van der Waals surface area contributed by atoms with E-state index in [1.165, 1.54) is 0 Å². The monoisotopic (exact) mass is 466 g/mol. The number of nitrogens with zero attached hydrogens (tertiary/aromatic N) is 4. The molecular formula is C23H23ClN6O3. The van der Waals surface area contributed by atoms with Crippen molar-refractivity contribution in [3.8, 4) is 5.88 Å². The number of nitrogens with one attached hydrogen (secondary N) is 2. The van der Waals surface area contributed by atoms with Gasteiger partial charge in [-0.3, -0.25) is 9.78 Å². The fourth-order valence-electron chi connectivity index (χ4n) is 3.04. The minimum atomic E-state index is -0.232. The summed E-state index contributed by atoms with van der Waals surface area (Å²) in [5, 5.41) is 15.8. The van der Waals surface area contributed by atoms with Crippen LogP contribution < -0.4 is 15.4 Å². The largest absolute Gasteiger partial charge is 0.469 e. The third-order valence-corrected chi connectivity index (χ3v) is 4.99. The smallest absolute Gasteiger partial charge is 0.278 e. The van der Waals surface area contributed by atoms with Gasteiger partial charge in [0, 0.05) is 30.0 Å². The molecule has 1 amide bonds. The third-order valence-electron chi connectivity index (χ3n) is 4.74. The van der Waals surface area contributed by atoms with Crippen molar-refractivity contribution < 1.29 is 13.9 Å². The van der Waals surface area contributed by atoms with Crippen LogP contribution in [0.15, 0.2) is 59.3 Å². The summed E-state index contributed by atoms with van der Waals surface area (Å²) in [6.45, 7) is 1.46. The molecule has 3 aromatic heterocycles. The van der Waals surface area contributed by atoms with E-state index in [1.54, 1.807) is 42.8 Å². The van der Waals surface area contributed by atoms with Crippen LogP contribution >= 0.6 is 11.6 Å². The highest BCUT2D eigenvalue weighted by Crippen LogP contribution is 2.31. The van der Waals surface area contributed by atoms with Crippen LogP contribution in [-0.4, -0.2) is 53.2 Å². The second-order valence-corrected chi connectivity index (χ2v) is 7.98. The van der Waals surface area contributed by atoms with Gasteiger partial charge in [-0.2, -0.15) is 0 Å². The Balaban J connectivity index is 1.44. The average Bonchev–Trinajstić information content (AvgIpc) is 3.30. The van der Waals surface area contributed by atoms with Gasteiger partial charge in [0.15, 0.2) is 5.82 Å². The van der Waals surface area contributed by atoms with Crippen LogP contribution in [-0.2, 0) is 6.61 Å². The Bertz CT molecular complexity index is 1240. The second kappa shape index (κ2) is 10.3. The van der Waals surface area contributed by atoms with Crippen LogP contribution in [0.2, 0.25) is 5.02 Å². The molecule has 0 radical (unpaired) electrons. The Morgan fingerprint density at radius 2 is 1.97 bits per heavy atom. The molecule has 0 aliphatic heterocycles. The van der Waals surface area contributed by atoms with Crippen molar-refractivity contribution in [3.05, 3.63) is 71.2 Å². The maximum Gasteiger partial charge on any atom is 0.278 e. The number of benzene rings is 1. The molecule has 2 N–H and O–H groups in total. The Labute approximate surface area is 195 Å². The van der Waals surface area contributed by atoms with Crippen molar-refractivity contribution in [1.29, 1.82) is 0 Å².